The quantitative estimate of drug-likeness (QED) is 0.260. The minimum absolute atomic E-state index is 0.0231. The van der Waals surface area contributed by atoms with Gasteiger partial charge < -0.3 is 26.2 Å². The fourth-order valence-corrected chi connectivity index (χ4v) is 10.8. The van der Waals surface area contributed by atoms with Crippen LogP contribution in [-0.4, -0.2) is 56.3 Å². The number of allylic oxidation sites excluding steroid dienone is 2. The number of aliphatic hydroxyl groups is 1. The van der Waals surface area contributed by atoms with Gasteiger partial charge >= 0.3 is 17.9 Å². The Morgan fingerprint density at radius 1 is 0.909 bits per heavy atom. The third-order valence-electron chi connectivity index (χ3n) is 14.1. The van der Waals surface area contributed by atoms with E-state index in [-0.39, 0.29) is 63.6 Å². The van der Waals surface area contributed by atoms with Crippen molar-refractivity contribution in [1.82, 2.24) is 0 Å². The molecule has 4 saturated carbocycles. The average molecular weight is 618 g/mol. The van der Waals surface area contributed by atoms with E-state index in [9.17, 15) is 29.4 Å². The van der Waals surface area contributed by atoms with Crippen LogP contribution in [-0.2, 0) is 19.2 Å². The fraction of sp³-hybridized carbons (Fsp3) is 0.829. The van der Waals surface area contributed by atoms with Crippen LogP contribution < -0.4 is 5.73 Å². The van der Waals surface area contributed by atoms with Gasteiger partial charge in [0.15, 0.2) is 5.78 Å². The van der Waals surface area contributed by atoms with Crippen molar-refractivity contribution < 1.29 is 39.6 Å². The van der Waals surface area contributed by atoms with E-state index in [1.54, 1.807) is 0 Å². The highest BCUT2D eigenvalue weighted by Crippen LogP contribution is 2.75. The number of hydrogen-bond acceptors (Lipinski definition) is 6. The van der Waals surface area contributed by atoms with E-state index in [0.717, 1.165) is 51.4 Å². The third-order valence-corrected chi connectivity index (χ3v) is 14.1. The SMILES string of the molecule is CC1(C)C2CC[C@]3(C)C(C(=O)C=C4[C@H]5C[C@@](C)(C(=O)O)CC[C@]5(C)CC[C@]43C)[C@@]2(C)CC[C@@H]1O.N[C@@H](CCC(=O)O)C(=O)O. The summed E-state index contributed by atoms with van der Waals surface area (Å²) in [5.41, 5.74) is 5.14. The van der Waals surface area contributed by atoms with Crippen LogP contribution in [0.25, 0.3) is 0 Å². The molecule has 0 aliphatic heterocycles. The molecule has 5 aliphatic carbocycles. The van der Waals surface area contributed by atoms with Gasteiger partial charge in [0.1, 0.15) is 6.04 Å². The van der Waals surface area contributed by atoms with Gasteiger partial charge in [-0.2, -0.15) is 0 Å². The number of carboxylic acid groups (broad SMARTS) is 3. The van der Waals surface area contributed by atoms with Gasteiger partial charge in [-0.15, -0.1) is 0 Å². The molecule has 0 bridgehead atoms. The highest BCUT2D eigenvalue weighted by molar-refractivity contribution is 5.95. The Hall–Kier alpha value is -2.26. The Balaban J connectivity index is 0.000000382. The maximum absolute atomic E-state index is 14.2. The first-order valence-electron chi connectivity index (χ1n) is 16.5. The molecule has 5 aliphatic rings. The molecule has 0 aromatic rings. The third kappa shape index (κ3) is 5.23. The summed E-state index contributed by atoms with van der Waals surface area (Å²) in [6, 6.07) is -1.06. The summed E-state index contributed by atoms with van der Waals surface area (Å²) in [4.78, 5) is 46.3. The summed E-state index contributed by atoms with van der Waals surface area (Å²) < 4.78 is 0. The Morgan fingerprint density at radius 2 is 1.52 bits per heavy atom. The standard InChI is InChI=1S/C30H46O4.C5H9NO4/c1-25(2)21-8-11-30(7)23(28(21,5)10-9-22(25)32)20(31)16-18-19-17-27(4,24(33)34)13-12-26(19,3)14-15-29(18,30)6;6-3(5(9)10)1-2-4(7)8/h16,19,21-23,32H,8-15,17H2,1-7H3,(H,33,34);3H,1-2,6H2,(H,7,8)(H,9,10)/t19-,21?,22+,23?,26-,27+,28+,29-,30-;3-/m10/s1. The molecule has 9 nitrogen and oxygen atoms in total. The second kappa shape index (κ2) is 11.2. The number of ketones is 1. The molecule has 0 amide bonds. The molecule has 0 aromatic carbocycles. The molecule has 44 heavy (non-hydrogen) atoms. The van der Waals surface area contributed by atoms with Crippen molar-refractivity contribution in [2.45, 2.75) is 131 Å². The zero-order valence-corrected chi connectivity index (χ0v) is 27.7. The number of carbonyl (C=O) groups is 4. The molecule has 4 fully saturated rings. The summed E-state index contributed by atoms with van der Waals surface area (Å²) in [5, 5.41) is 37.2. The normalized spacial score (nSPS) is 44.7. The smallest absolute Gasteiger partial charge is 0.320 e. The molecular weight excluding hydrogens is 562 g/mol. The van der Waals surface area contributed by atoms with E-state index in [0.29, 0.717) is 12.3 Å². The minimum Gasteiger partial charge on any atom is -0.481 e. The number of carboxylic acids is 3. The molecule has 6 N–H and O–H groups in total. The van der Waals surface area contributed by atoms with Crippen molar-refractivity contribution >= 4 is 23.7 Å². The topological polar surface area (TPSA) is 175 Å². The van der Waals surface area contributed by atoms with E-state index < -0.39 is 29.4 Å². The summed E-state index contributed by atoms with van der Waals surface area (Å²) in [6.07, 6.45) is 9.73. The maximum Gasteiger partial charge on any atom is 0.320 e. The second-order valence-corrected chi connectivity index (χ2v) is 16.8. The van der Waals surface area contributed by atoms with Crippen LogP contribution in [0.2, 0.25) is 0 Å². The lowest BCUT2D eigenvalue weighted by molar-refractivity contribution is -0.202. The van der Waals surface area contributed by atoms with Crippen molar-refractivity contribution in [1.29, 1.82) is 0 Å². The van der Waals surface area contributed by atoms with E-state index in [4.69, 9.17) is 15.9 Å². The van der Waals surface area contributed by atoms with Crippen molar-refractivity contribution in [3.8, 4) is 0 Å². The molecule has 2 unspecified atom stereocenters. The van der Waals surface area contributed by atoms with Gasteiger partial charge in [-0.05, 0) is 116 Å². The first-order chi connectivity index (χ1) is 20.1. The minimum atomic E-state index is -1.17. The predicted octanol–water partition coefficient (Wildman–Crippen LogP) is 5.68. The van der Waals surface area contributed by atoms with E-state index in [1.807, 2.05) is 13.0 Å². The lowest BCUT2D eigenvalue weighted by Gasteiger charge is -2.70. The molecule has 0 aromatic heterocycles. The van der Waals surface area contributed by atoms with Crippen LogP contribution in [0.15, 0.2) is 11.6 Å². The van der Waals surface area contributed by atoms with Crippen LogP contribution >= 0.6 is 0 Å². The zero-order valence-electron chi connectivity index (χ0n) is 27.7. The predicted molar refractivity (Wildman–Crippen MR) is 166 cm³/mol. The molecule has 9 heteroatoms. The highest BCUT2D eigenvalue weighted by atomic mass is 16.4. The van der Waals surface area contributed by atoms with E-state index >= 15 is 0 Å². The van der Waals surface area contributed by atoms with Gasteiger partial charge in [-0.1, -0.05) is 47.1 Å². The summed E-state index contributed by atoms with van der Waals surface area (Å²) >= 11 is 0. The molecule has 0 heterocycles. The van der Waals surface area contributed by atoms with Crippen molar-refractivity contribution in [3.05, 3.63) is 11.6 Å². The van der Waals surface area contributed by atoms with Gasteiger partial charge in [0.25, 0.3) is 0 Å². The van der Waals surface area contributed by atoms with Crippen LogP contribution in [0, 0.1) is 50.2 Å². The zero-order chi connectivity index (χ0) is 33.3. The Kier molecular flexibility index (Phi) is 8.82. The summed E-state index contributed by atoms with van der Waals surface area (Å²) in [5.74, 6) is -2.14. The Morgan fingerprint density at radius 3 is 2.09 bits per heavy atom. The first-order valence-corrected chi connectivity index (χ1v) is 16.5. The van der Waals surface area contributed by atoms with Gasteiger partial charge in [0.2, 0.25) is 0 Å². The second-order valence-electron chi connectivity index (χ2n) is 16.8. The number of aliphatic hydroxyl groups excluding tert-OH is 1. The maximum atomic E-state index is 14.2. The number of aliphatic carboxylic acids is 3. The fourth-order valence-electron chi connectivity index (χ4n) is 10.8. The van der Waals surface area contributed by atoms with Crippen molar-refractivity contribution in [2.24, 2.45) is 56.0 Å². The highest BCUT2D eigenvalue weighted by Gasteiger charge is 2.70. The molecule has 0 spiro atoms. The number of fused-ring (bicyclic) bond motifs is 7. The van der Waals surface area contributed by atoms with Gasteiger partial charge in [-0.25, -0.2) is 0 Å². The molecule has 0 radical (unpaired) electrons. The largest absolute Gasteiger partial charge is 0.481 e. The molecular formula is C35H55NO8. The Labute approximate surface area is 262 Å². The molecule has 5 rings (SSSR count). The first kappa shape index (κ1) is 34.6. The van der Waals surface area contributed by atoms with E-state index in [1.165, 1.54) is 5.57 Å². The summed E-state index contributed by atoms with van der Waals surface area (Å²) in [7, 11) is 0. The average Bonchev–Trinajstić information content (AvgIpc) is 2.92. The van der Waals surface area contributed by atoms with Crippen LogP contribution in [0.3, 0.4) is 0 Å². The lowest BCUT2D eigenvalue weighted by atomic mass is 9.33. The number of rotatable bonds is 5. The van der Waals surface area contributed by atoms with Gasteiger partial charge in [0, 0.05) is 12.3 Å². The molecule has 0 saturated heterocycles. The summed E-state index contributed by atoms with van der Waals surface area (Å²) in [6.45, 7) is 15.8. The lowest BCUT2D eigenvalue weighted by Crippen LogP contribution is -2.66. The number of nitrogens with two attached hydrogens (primary N) is 1. The van der Waals surface area contributed by atoms with Crippen molar-refractivity contribution in [3.63, 3.8) is 0 Å². The van der Waals surface area contributed by atoms with Crippen LogP contribution in [0.4, 0.5) is 0 Å². The van der Waals surface area contributed by atoms with Crippen LogP contribution in [0.5, 0.6) is 0 Å². The monoisotopic (exact) mass is 617 g/mol. The number of hydrogen-bond donors (Lipinski definition) is 5. The van der Waals surface area contributed by atoms with Crippen molar-refractivity contribution in [2.75, 3.05) is 0 Å². The van der Waals surface area contributed by atoms with Gasteiger partial charge in [-0.3, -0.25) is 19.2 Å². The molecule has 248 valence electrons. The van der Waals surface area contributed by atoms with Crippen LogP contribution in [0.1, 0.15) is 119 Å². The number of carbonyl (C=O) groups excluding carboxylic acids is 1. The van der Waals surface area contributed by atoms with Gasteiger partial charge in [0.05, 0.1) is 11.5 Å². The van der Waals surface area contributed by atoms with E-state index in [2.05, 4.69) is 41.5 Å². The Bertz CT molecular complexity index is 1240. The molecule has 10 atom stereocenters.